The van der Waals surface area contributed by atoms with Crippen LogP contribution in [0, 0.1) is 0 Å². The number of amides is 1. The lowest BCUT2D eigenvalue weighted by atomic mass is 10.1. The van der Waals surface area contributed by atoms with Crippen LogP contribution in [0.15, 0.2) is 30.9 Å². The molecule has 5 rings (SSSR count). The van der Waals surface area contributed by atoms with E-state index in [4.69, 9.17) is 17.3 Å². The van der Waals surface area contributed by atoms with Gasteiger partial charge in [0.1, 0.15) is 5.56 Å². The van der Waals surface area contributed by atoms with Crippen LogP contribution < -0.4 is 16.0 Å². The molecular formula is C19H21ClN8O. The summed E-state index contributed by atoms with van der Waals surface area (Å²) in [5.41, 5.74) is 8.18. The lowest BCUT2D eigenvalue weighted by Crippen LogP contribution is -2.50. The van der Waals surface area contributed by atoms with Crippen LogP contribution in [0.4, 0.5) is 17.2 Å². The molecule has 2 saturated heterocycles. The highest BCUT2D eigenvalue weighted by atomic mass is 35.5. The maximum Gasteiger partial charge on any atom is 0.263 e. The average molecular weight is 413 g/mol. The van der Waals surface area contributed by atoms with Gasteiger partial charge in [0.15, 0.2) is 11.5 Å². The molecule has 0 saturated carbocycles. The summed E-state index contributed by atoms with van der Waals surface area (Å²) < 4.78 is 1.41. The molecule has 0 bridgehead atoms. The van der Waals surface area contributed by atoms with E-state index in [-0.39, 0.29) is 17.3 Å². The molecule has 2 aliphatic heterocycles. The first kappa shape index (κ1) is 18.1. The van der Waals surface area contributed by atoms with Crippen molar-refractivity contribution in [2.24, 2.45) is 0 Å². The first-order valence-corrected chi connectivity index (χ1v) is 10.0. The molecule has 1 atom stereocenters. The number of nitrogen functional groups attached to an aromatic ring is 1. The number of nitrogens with two attached hydrogens (primary N) is 1. The summed E-state index contributed by atoms with van der Waals surface area (Å²) in [6.45, 7) is 4.09. The molecule has 3 aromatic rings. The third-order valence-electron chi connectivity index (χ3n) is 5.67. The van der Waals surface area contributed by atoms with Gasteiger partial charge in [-0.2, -0.15) is 0 Å². The quantitative estimate of drug-likeness (QED) is 0.676. The fraction of sp³-hybridized carbons (Fsp3) is 0.368. The van der Waals surface area contributed by atoms with Crippen LogP contribution in [0.2, 0.25) is 5.02 Å². The molecular weight excluding hydrogens is 392 g/mol. The van der Waals surface area contributed by atoms with Gasteiger partial charge in [-0.1, -0.05) is 11.6 Å². The van der Waals surface area contributed by atoms with Crippen molar-refractivity contribution in [1.29, 1.82) is 0 Å². The molecule has 29 heavy (non-hydrogen) atoms. The smallest absolute Gasteiger partial charge is 0.263 e. The number of carbonyl (C=O) groups excluding carboxylic acids is 1. The van der Waals surface area contributed by atoms with Gasteiger partial charge in [0.05, 0.1) is 28.8 Å². The van der Waals surface area contributed by atoms with Crippen molar-refractivity contribution >= 4 is 40.3 Å². The van der Waals surface area contributed by atoms with Gasteiger partial charge in [-0.3, -0.25) is 14.7 Å². The van der Waals surface area contributed by atoms with E-state index in [2.05, 4.69) is 30.2 Å². The SMILES string of the molecule is Nc1nn2cc(Cl)cnc2c1C(=O)Nc1cnccc1N1CCN2CCCC2C1. The van der Waals surface area contributed by atoms with Gasteiger partial charge in [-0.25, -0.2) is 9.50 Å². The van der Waals surface area contributed by atoms with E-state index in [0.717, 1.165) is 25.3 Å². The molecule has 2 aliphatic rings. The Morgan fingerprint density at radius 3 is 3.07 bits per heavy atom. The van der Waals surface area contributed by atoms with Crippen molar-refractivity contribution in [3.63, 3.8) is 0 Å². The topological polar surface area (TPSA) is 105 Å². The summed E-state index contributed by atoms with van der Waals surface area (Å²) in [5.74, 6) is -0.275. The second-order valence-electron chi connectivity index (χ2n) is 7.43. The van der Waals surface area contributed by atoms with Crippen LogP contribution in [-0.2, 0) is 0 Å². The fourth-order valence-corrected chi connectivity index (χ4v) is 4.44. The van der Waals surface area contributed by atoms with E-state index >= 15 is 0 Å². The Bertz CT molecular complexity index is 1080. The number of rotatable bonds is 3. The number of pyridine rings is 1. The van der Waals surface area contributed by atoms with Crippen LogP contribution in [0.3, 0.4) is 0 Å². The van der Waals surface area contributed by atoms with Crippen LogP contribution in [0.25, 0.3) is 5.65 Å². The Kier molecular flexibility index (Phi) is 4.48. The van der Waals surface area contributed by atoms with Crippen molar-refractivity contribution in [1.82, 2.24) is 24.5 Å². The predicted octanol–water partition coefficient (Wildman–Crippen LogP) is 1.90. The first-order chi connectivity index (χ1) is 14.1. The predicted molar refractivity (Wildman–Crippen MR) is 111 cm³/mol. The largest absolute Gasteiger partial charge is 0.381 e. The number of hydrogen-bond donors (Lipinski definition) is 2. The molecule has 10 heteroatoms. The van der Waals surface area contributed by atoms with Crippen LogP contribution in [0.5, 0.6) is 0 Å². The van der Waals surface area contributed by atoms with Gasteiger partial charge in [0.25, 0.3) is 5.91 Å². The number of fused-ring (bicyclic) bond motifs is 2. The van der Waals surface area contributed by atoms with Crippen LogP contribution >= 0.6 is 11.6 Å². The molecule has 1 amide bonds. The van der Waals surface area contributed by atoms with Crippen molar-refractivity contribution in [3.8, 4) is 0 Å². The van der Waals surface area contributed by atoms with Crippen molar-refractivity contribution in [2.45, 2.75) is 18.9 Å². The number of hydrogen-bond acceptors (Lipinski definition) is 7. The highest BCUT2D eigenvalue weighted by molar-refractivity contribution is 6.30. The van der Waals surface area contributed by atoms with Gasteiger partial charge >= 0.3 is 0 Å². The van der Waals surface area contributed by atoms with E-state index in [1.165, 1.54) is 30.1 Å². The zero-order valence-electron chi connectivity index (χ0n) is 15.8. The van der Waals surface area contributed by atoms with Crippen molar-refractivity contribution in [3.05, 3.63) is 41.4 Å². The number of halogens is 1. The highest BCUT2D eigenvalue weighted by Crippen LogP contribution is 2.31. The Labute approximate surface area is 172 Å². The zero-order valence-corrected chi connectivity index (χ0v) is 16.5. The molecule has 3 aromatic heterocycles. The van der Waals surface area contributed by atoms with E-state index in [1.54, 1.807) is 18.6 Å². The molecule has 3 N–H and O–H groups in total. The van der Waals surface area contributed by atoms with E-state index in [1.807, 2.05) is 6.07 Å². The minimum absolute atomic E-state index is 0.0993. The third-order valence-corrected chi connectivity index (χ3v) is 5.86. The number of nitrogens with zero attached hydrogens (tertiary/aromatic N) is 6. The summed E-state index contributed by atoms with van der Waals surface area (Å²) in [6, 6.07) is 2.52. The Hall–Kier alpha value is -2.91. The molecule has 0 radical (unpaired) electrons. The Balaban J connectivity index is 1.43. The molecule has 0 aliphatic carbocycles. The number of aromatic nitrogens is 4. The Morgan fingerprint density at radius 1 is 1.28 bits per heavy atom. The molecule has 150 valence electrons. The maximum atomic E-state index is 13.0. The van der Waals surface area contributed by atoms with Gasteiger partial charge in [0.2, 0.25) is 0 Å². The lowest BCUT2D eigenvalue weighted by molar-refractivity contribution is 0.102. The fourth-order valence-electron chi connectivity index (χ4n) is 4.30. The second-order valence-corrected chi connectivity index (χ2v) is 7.86. The monoisotopic (exact) mass is 412 g/mol. The van der Waals surface area contributed by atoms with Gasteiger partial charge < -0.3 is 16.0 Å². The van der Waals surface area contributed by atoms with E-state index < -0.39 is 0 Å². The van der Waals surface area contributed by atoms with Crippen molar-refractivity contribution < 1.29 is 4.79 Å². The molecule has 2 fully saturated rings. The molecule has 0 aromatic carbocycles. The highest BCUT2D eigenvalue weighted by Gasteiger charge is 2.31. The molecule has 0 spiro atoms. The summed E-state index contributed by atoms with van der Waals surface area (Å²) in [4.78, 5) is 26.3. The summed E-state index contributed by atoms with van der Waals surface area (Å²) in [6.07, 6.45) is 8.92. The minimum Gasteiger partial charge on any atom is -0.381 e. The van der Waals surface area contributed by atoms with Crippen molar-refractivity contribution in [2.75, 3.05) is 42.1 Å². The summed E-state index contributed by atoms with van der Waals surface area (Å²) >= 11 is 5.95. The Morgan fingerprint density at radius 2 is 2.17 bits per heavy atom. The normalized spacial score (nSPS) is 19.5. The molecule has 5 heterocycles. The molecule has 1 unspecified atom stereocenters. The van der Waals surface area contributed by atoms with E-state index in [9.17, 15) is 4.79 Å². The van der Waals surface area contributed by atoms with E-state index in [0.29, 0.717) is 22.4 Å². The summed E-state index contributed by atoms with van der Waals surface area (Å²) in [5, 5.41) is 7.50. The maximum absolute atomic E-state index is 13.0. The average Bonchev–Trinajstić information content (AvgIpc) is 3.30. The lowest BCUT2D eigenvalue weighted by Gasteiger charge is -2.39. The molecule has 9 nitrogen and oxygen atoms in total. The number of piperazine rings is 1. The number of nitrogens with one attached hydrogen (secondary N) is 1. The number of carbonyl (C=O) groups is 1. The van der Waals surface area contributed by atoms with Crippen LogP contribution in [-0.4, -0.2) is 62.6 Å². The van der Waals surface area contributed by atoms with Crippen LogP contribution in [0.1, 0.15) is 23.2 Å². The first-order valence-electron chi connectivity index (χ1n) is 9.64. The second kappa shape index (κ2) is 7.16. The van der Waals surface area contributed by atoms with Gasteiger partial charge in [-0.05, 0) is 25.5 Å². The third kappa shape index (κ3) is 3.26. The number of anilines is 3. The standard InChI is InChI=1S/C19H21ClN8O/c20-12-8-23-18-16(17(21)25-28(18)10-12)19(29)24-14-9-22-4-3-15(14)27-7-6-26-5-1-2-13(26)11-27/h3-4,8-10,13H,1-2,5-7,11H2,(H2,21,25)(H,24,29). The summed E-state index contributed by atoms with van der Waals surface area (Å²) in [7, 11) is 0. The van der Waals surface area contributed by atoms with Gasteiger partial charge in [0, 0.05) is 38.1 Å². The minimum atomic E-state index is -0.374. The van der Waals surface area contributed by atoms with Gasteiger partial charge in [-0.15, -0.1) is 5.10 Å². The zero-order chi connectivity index (χ0) is 20.0.